The van der Waals surface area contributed by atoms with Gasteiger partial charge in [-0.25, -0.2) is 0 Å². The second-order valence-corrected chi connectivity index (χ2v) is 3.73. The topological polar surface area (TPSA) is 95.5 Å². The first kappa shape index (κ1) is 12.6. The minimum Gasteiger partial charge on any atom is -0.392 e. The van der Waals surface area contributed by atoms with E-state index in [4.69, 9.17) is 0 Å². The Morgan fingerprint density at radius 3 is 2.81 bits per heavy atom. The van der Waals surface area contributed by atoms with Gasteiger partial charge in [-0.1, -0.05) is 6.92 Å². The number of piperidine rings is 1. The van der Waals surface area contributed by atoms with E-state index in [9.17, 15) is 19.5 Å². The van der Waals surface area contributed by atoms with Crippen molar-refractivity contribution in [3.8, 4) is 0 Å². The summed E-state index contributed by atoms with van der Waals surface area (Å²) in [6, 6.07) is 0. The lowest BCUT2D eigenvalue weighted by Crippen LogP contribution is -2.52. The van der Waals surface area contributed by atoms with Gasteiger partial charge < -0.3 is 15.7 Å². The smallest absolute Gasteiger partial charge is 0.235 e. The molecule has 0 aromatic heterocycles. The fraction of sp³-hybridized carbons (Fsp3) is 0.700. The number of nitrogens with one attached hydrogen (secondary N) is 2. The molecule has 2 amide bonds. The summed E-state index contributed by atoms with van der Waals surface area (Å²) in [4.78, 5) is 33.9. The zero-order valence-electron chi connectivity index (χ0n) is 9.16. The molecule has 0 aromatic carbocycles. The molecule has 3 N–H and O–H groups in total. The largest absolute Gasteiger partial charge is 0.392 e. The van der Waals surface area contributed by atoms with Crippen LogP contribution >= 0.6 is 0 Å². The summed E-state index contributed by atoms with van der Waals surface area (Å²) < 4.78 is 0. The number of amides is 2. The molecule has 6 nitrogen and oxygen atoms in total. The van der Waals surface area contributed by atoms with Crippen molar-refractivity contribution in [3.05, 3.63) is 0 Å². The average Bonchev–Trinajstić information content (AvgIpc) is 2.25. The third-order valence-electron chi connectivity index (χ3n) is 2.54. The molecule has 1 saturated heterocycles. The van der Waals surface area contributed by atoms with Crippen LogP contribution in [0.15, 0.2) is 0 Å². The summed E-state index contributed by atoms with van der Waals surface area (Å²) in [5.41, 5.74) is 0. The summed E-state index contributed by atoms with van der Waals surface area (Å²) in [7, 11) is 0. The third kappa shape index (κ3) is 3.03. The first-order chi connectivity index (χ1) is 7.56. The SMILES string of the molecule is CCC(=O)CNC(=O)C1C(=O)NCCC1O. The average molecular weight is 228 g/mol. The monoisotopic (exact) mass is 228 g/mol. The van der Waals surface area contributed by atoms with E-state index >= 15 is 0 Å². The molecule has 0 aromatic rings. The van der Waals surface area contributed by atoms with Gasteiger partial charge in [0.25, 0.3) is 0 Å². The van der Waals surface area contributed by atoms with E-state index in [-0.39, 0.29) is 12.3 Å². The Morgan fingerprint density at radius 1 is 1.56 bits per heavy atom. The molecule has 16 heavy (non-hydrogen) atoms. The standard InChI is InChI=1S/C10H16N2O4/c1-2-6(13)5-12-10(16)8-7(14)3-4-11-9(8)15/h7-8,14H,2-5H2,1H3,(H,11,15)(H,12,16). The molecule has 90 valence electrons. The summed E-state index contributed by atoms with van der Waals surface area (Å²) in [5, 5.41) is 14.4. The van der Waals surface area contributed by atoms with Crippen LogP contribution in [0.2, 0.25) is 0 Å². The summed E-state index contributed by atoms with van der Waals surface area (Å²) >= 11 is 0. The van der Waals surface area contributed by atoms with Gasteiger partial charge >= 0.3 is 0 Å². The molecule has 0 saturated carbocycles. The minimum atomic E-state index is -1.10. The predicted octanol–water partition coefficient (Wildman–Crippen LogP) is -1.42. The van der Waals surface area contributed by atoms with Gasteiger partial charge in [-0.3, -0.25) is 14.4 Å². The number of carbonyl (C=O) groups is 3. The van der Waals surface area contributed by atoms with Gasteiger partial charge in [-0.05, 0) is 6.42 Å². The van der Waals surface area contributed by atoms with E-state index in [2.05, 4.69) is 10.6 Å². The maximum absolute atomic E-state index is 11.6. The van der Waals surface area contributed by atoms with Gasteiger partial charge in [-0.2, -0.15) is 0 Å². The lowest BCUT2D eigenvalue weighted by Gasteiger charge is -2.26. The van der Waals surface area contributed by atoms with Gasteiger partial charge in [0, 0.05) is 13.0 Å². The number of aliphatic hydroxyl groups excluding tert-OH is 1. The van der Waals surface area contributed by atoms with E-state index in [0.717, 1.165) is 0 Å². The molecular weight excluding hydrogens is 212 g/mol. The fourth-order valence-electron chi connectivity index (χ4n) is 1.51. The van der Waals surface area contributed by atoms with E-state index in [1.165, 1.54) is 0 Å². The molecule has 1 aliphatic rings. The highest BCUT2D eigenvalue weighted by Gasteiger charge is 2.36. The van der Waals surface area contributed by atoms with Crippen molar-refractivity contribution in [2.75, 3.05) is 13.1 Å². The zero-order chi connectivity index (χ0) is 12.1. The van der Waals surface area contributed by atoms with Crippen molar-refractivity contribution in [1.82, 2.24) is 10.6 Å². The zero-order valence-corrected chi connectivity index (χ0v) is 9.16. The molecule has 2 atom stereocenters. The highest BCUT2D eigenvalue weighted by Crippen LogP contribution is 2.12. The maximum Gasteiger partial charge on any atom is 0.235 e. The Kier molecular flexibility index (Phi) is 4.42. The molecule has 1 heterocycles. The maximum atomic E-state index is 11.6. The molecule has 1 rings (SSSR count). The Balaban J connectivity index is 2.51. The number of ketones is 1. The van der Waals surface area contributed by atoms with E-state index in [1.807, 2.05) is 0 Å². The summed E-state index contributed by atoms with van der Waals surface area (Å²) in [6.07, 6.45) is -0.281. The third-order valence-corrected chi connectivity index (χ3v) is 2.54. The van der Waals surface area contributed by atoms with Crippen molar-refractivity contribution in [2.24, 2.45) is 5.92 Å². The number of hydrogen-bond donors (Lipinski definition) is 3. The van der Waals surface area contributed by atoms with Crippen molar-refractivity contribution < 1.29 is 19.5 Å². The number of aliphatic hydroxyl groups is 1. The van der Waals surface area contributed by atoms with Crippen molar-refractivity contribution in [3.63, 3.8) is 0 Å². The first-order valence-electron chi connectivity index (χ1n) is 5.31. The Hall–Kier alpha value is -1.43. The molecule has 0 aliphatic carbocycles. The van der Waals surface area contributed by atoms with Crippen LogP contribution in [0.4, 0.5) is 0 Å². The van der Waals surface area contributed by atoms with E-state index < -0.39 is 23.8 Å². The van der Waals surface area contributed by atoms with Crippen LogP contribution in [-0.2, 0) is 14.4 Å². The fourth-order valence-corrected chi connectivity index (χ4v) is 1.51. The molecule has 2 unspecified atom stereocenters. The highest BCUT2D eigenvalue weighted by molar-refractivity contribution is 6.02. The molecular formula is C10H16N2O4. The summed E-state index contributed by atoms with van der Waals surface area (Å²) in [5.74, 6) is -2.29. The lowest BCUT2D eigenvalue weighted by molar-refractivity contribution is -0.143. The number of carbonyl (C=O) groups excluding carboxylic acids is 3. The molecule has 1 fully saturated rings. The Bertz CT molecular complexity index is 303. The van der Waals surface area contributed by atoms with Gasteiger partial charge in [0.2, 0.25) is 11.8 Å². The molecule has 0 radical (unpaired) electrons. The molecule has 1 aliphatic heterocycles. The van der Waals surface area contributed by atoms with E-state index in [1.54, 1.807) is 6.92 Å². The molecule has 0 spiro atoms. The van der Waals surface area contributed by atoms with Crippen LogP contribution in [0.1, 0.15) is 19.8 Å². The van der Waals surface area contributed by atoms with Gasteiger partial charge in [0.05, 0.1) is 12.6 Å². The highest BCUT2D eigenvalue weighted by atomic mass is 16.3. The van der Waals surface area contributed by atoms with Crippen LogP contribution in [-0.4, -0.2) is 41.9 Å². The molecule has 0 bridgehead atoms. The second kappa shape index (κ2) is 5.60. The van der Waals surface area contributed by atoms with E-state index in [0.29, 0.717) is 19.4 Å². The Labute approximate surface area is 93.4 Å². The minimum absolute atomic E-state index is 0.0914. The number of Topliss-reactive ketones (excluding diaryl/α,β-unsaturated/α-hetero) is 1. The predicted molar refractivity (Wildman–Crippen MR) is 55.4 cm³/mol. The Morgan fingerprint density at radius 2 is 2.25 bits per heavy atom. The van der Waals surface area contributed by atoms with Crippen molar-refractivity contribution in [2.45, 2.75) is 25.9 Å². The first-order valence-corrected chi connectivity index (χ1v) is 5.31. The van der Waals surface area contributed by atoms with Crippen LogP contribution in [0.5, 0.6) is 0 Å². The lowest BCUT2D eigenvalue weighted by atomic mass is 9.94. The molecule has 6 heteroatoms. The van der Waals surface area contributed by atoms with Gasteiger partial charge in [0.15, 0.2) is 5.78 Å². The number of rotatable bonds is 4. The van der Waals surface area contributed by atoms with Gasteiger partial charge in [-0.15, -0.1) is 0 Å². The number of hydrogen-bond acceptors (Lipinski definition) is 4. The quantitative estimate of drug-likeness (QED) is 0.514. The van der Waals surface area contributed by atoms with Crippen LogP contribution in [0, 0.1) is 5.92 Å². The van der Waals surface area contributed by atoms with Crippen LogP contribution in [0.25, 0.3) is 0 Å². The second-order valence-electron chi connectivity index (χ2n) is 3.73. The van der Waals surface area contributed by atoms with Crippen LogP contribution < -0.4 is 10.6 Å². The van der Waals surface area contributed by atoms with Crippen molar-refractivity contribution >= 4 is 17.6 Å². The normalized spacial score (nSPS) is 24.8. The van der Waals surface area contributed by atoms with Crippen molar-refractivity contribution in [1.29, 1.82) is 0 Å². The summed E-state index contributed by atoms with van der Waals surface area (Å²) in [6.45, 7) is 1.97. The van der Waals surface area contributed by atoms with Crippen LogP contribution in [0.3, 0.4) is 0 Å². The van der Waals surface area contributed by atoms with Gasteiger partial charge in [0.1, 0.15) is 5.92 Å².